The second kappa shape index (κ2) is 7.84. The van der Waals surface area contributed by atoms with Crippen molar-refractivity contribution in [1.82, 2.24) is 5.32 Å². The topological polar surface area (TPSA) is 56.8 Å². The first-order chi connectivity index (χ1) is 11.8. The molecule has 1 atom stereocenters. The van der Waals surface area contributed by atoms with Crippen molar-refractivity contribution in [1.29, 1.82) is 0 Å². The second-order valence-electron chi connectivity index (χ2n) is 5.62. The Balaban J connectivity index is 1.56. The molecule has 2 aromatic carbocycles. The van der Waals surface area contributed by atoms with Crippen molar-refractivity contribution in [3.8, 4) is 17.2 Å². The molecule has 0 aliphatic carbocycles. The van der Waals surface area contributed by atoms with Crippen LogP contribution in [0.1, 0.15) is 18.4 Å². The van der Waals surface area contributed by atoms with Crippen LogP contribution in [0.25, 0.3) is 0 Å². The lowest BCUT2D eigenvalue weighted by atomic mass is 10.2. The van der Waals surface area contributed by atoms with Crippen molar-refractivity contribution in [2.45, 2.75) is 25.5 Å². The lowest BCUT2D eigenvalue weighted by Crippen LogP contribution is -2.33. The number of methoxy groups -OCH3 is 1. The minimum atomic E-state index is -0.293. The number of benzene rings is 2. The molecule has 1 saturated heterocycles. The Kier molecular flexibility index (Phi) is 5.33. The van der Waals surface area contributed by atoms with Gasteiger partial charge >= 0.3 is 0 Å². The van der Waals surface area contributed by atoms with Gasteiger partial charge in [-0.15, -0.1) is 0 Å². The molecule has 0 saturated carbocycles. The molecule has 0 bridgehead atoms. The molecule has 2 aromatic rings. The monoisotopic (exact) mass is 327 g/mol. The molecular weight excluding hydrogens is 306 g/mol. The third-order valence-corrected chi connectivity index (χ3v) is 3.91. The molecule has 1 heterocycles. The number of nitrogens with one attached hydrogen (secondary N) is 1. The maximum absolute atomic E-state index is 11.9. The molecule has 126 valence electrons. The largest absolute Gasteiger partial charge is 0.493 e. The predicted octanol–water partition coefficient (Wildman–Crippen LogP) is 3.28. The Hall–Kier alpha value is -2.53. The first kappa shape index (κ1) is 16.3. The van der Waals surface area contributed by atoms with Gasteiger partial charge in [-0.2, -0.15) is 0 Å². The molecule has 1 fully saturated rings. The zero-order valence-corrected chi connectivity index (χ0v) is 13.7. The van der Waals surface area contributed by atoms with Crippen molar-refractivity contribution >= 4 is 5.91 Å². The normalized spacial score (nSPS) is 16.6. The molecule has 1 aliphatic rings. The van der Waals surface area contributed by atoms with Crippen LogP contribution in [0.2, 0.25) is 0 Å². The van der Waals surface area contributed by atoms with Crippen LogP contribution >= 0.6 is 0 Å². The highest BCUT2D eigenvalue weighted by Crippen LogP contribution is 2.30. The quantitative estimate of drug-likeness (QED) is 0.884. The maximum Gasteiger partial charge on any atom is 0.249 e. The molecule has 5 nitrogen and oxygen atoms in total. The van der Waals surface area contributed by atoms with Crippen LogP contribution < -0.4 is 14.8 Å². The number of hydrogen-bond donors (Lipinski definition) is 1. The molecule has 3 rings (SSSR count). The molecular formula is C19H21NO4. The fourth-order valence-electron chi connectivity index (χ4n) is 2.59. The highest BCUT2D eigenvalue weighted by molar-refractivity contribution is 5.80. The number of para-hydroxylation sites is 2. The van der Waals surface area contributed by atoms with E-state index >= 15 is 0 Å². The third-order valence-electron chi connectivity index (χ3n) is 3.91. The summed E-state index contributed by atoms with van der Waals surface area (Å²) in [4.78, 5) is 11.9. The molecule has 0 spiro atoms. The number of ether oxygens (including phenoxy) is 3. The van der Waals surface area contributed by atoms with E-state index in [4.69, 9.17) is 14.2 Å². The van der Waals surface area contributed by atoms with E-state index in [-0.39, 0.29) is 12.0 Å². The predicted molar refractivity (Wildman–Crippen MR) is 90.3 cm³/mol. The standard InChI is InChI=1S/C19H21NO4/c1-22-16-5-2-3-6-17(16)24-15-10-8-14(9-11-15)13-20-19(21)18-7-4-12-23-18/h2-3,5-6,8-11,18H,4,7,12-13H2,1H3,(H,20,21). The summed E-state index contributed by atoms with van der Waals surface area (Å²) in [6, 6.07) is 15.1. The van der Waals surface area contributed by atoms with Crippen LogP contribution in [0.15, 0.2) is 48.5 Å². The first-order valence-electron chi connectivity index (χ1n) is 8.05. The van der Waals surface area contributed by atoms with Gasteiger partial charge in [0.15, 0.2) is 11.5 Å². The van der Waals surface area contributed by atoms with E-state index in [1.165, 1.54) is 0 Å². The summed E-state index contributed by atoms with van der Waals surface area (Å²) in [5.41, 5.74) is 1.01. The smallest absolute Gasteiger partial charge is 0.249 e. The minimum absolute atomic E-state index is 0.0400. The van der Waals surface area contributed by atoms with Crippen LogP contribution in [0, 0.1) is 0 Å². The maximum atomic E-state index is 11.9. The molecule has 1 amide bonds. The van der Waals surface area contributed by atoms with Crippen LogP contribution in [0.4, 0.5) is 0 Å². The van der Waals surface area contributed by atoms with E-state index in [1.807, 2.05) is 48.5 Å². The van der Waals surface area contributed by atoms with Crippen LogP contribution in [-0.4, -0.2) is 25.7 Å². The number of rotatable bonds is 6. The van der Waals surface area contributed by atoms with Gasteiger partial charge in [0.1, 0.15) is 11.9 Å². The summed E-state index contributed by atoms with van der Waals surface area (Å²) < 4.78 is 16.5. The van der Waals surface area contributed by atoms with Crippen LogP contribution in [0.3, 0.4) is 0 Å². The number of carbonyl (C=O) groups is 1. The summed E-state index contributed by atoms with van der Waals surface area (Å²) in [5, 5.41) is 2.90. The molecule has 5 heteroatoms. The highest BCUT2D eigenvalue weighted by atomic mass is 16.5. The summed E-state index contributed by atoms with van der Waals surface area (Å²) in [6.07, 6.45) is 1.46. The van der Waals surface area contributed by atoms with Gasteiger partial charge in [-0.1, -0.05) is 24.3 Å². The van der Waals surface area contributed by atoms with Crippen LogP contribution in [-0.2, 0) is 16.1 Å². The van der Waals surface area contributed by atoms with Crippen molar-refractivity contribution in [2.24, 2.45) is 0 Å². The first-order valence-corrected chi connectivity index (χ1v) is 8.05. The SMILES string of the molecule is COc1ccccc1Oc1ccc(CNC(=O)C2CCCO2)cc1. The van der Waals surface area contributed by atoms with E-state index in [2.05, 4.69) is 5.32 Å². The van der Waals surface area contributed by atoms with Crippen molar-refractivity contribution in [2.75, 3.05) is 13.7 Å². The Labute approximate surface area is 141 Å². The lowest BCUT2D eigenvalue weighted by Gasteiger charge is -2.12. The molecule has 0 aromatic heterocycles. The summed E-state index contributed by atoms with van der Waals surface area (Å²) in [6.45, 7) is 1.15. The average Bonchev–Trinajstić information content (AvgIpc) is 3.16. The van der Waals surface area contributed by atoms with Crippen LogP contribution in [0.5, 0.6) is 17.2 Å². The summed E-state index contributed by atoms with van der Waals surface area (Å²) in [7, 11) is 1.61. The summed E-state index contributed by atoms with van der Waals surface area (Å²) in [5.74, 6) is 2.03. The van der Waals surface area contributed by atoms with Gasteiger partial charge in [0.05, 0.1) is 7.11 Å². The molecule has 1 unspecified atom stereocenters. The van der Waals surface area contributed by atoms with Gasteiger partial charge in [0, 0.05) is 13.2 Å². The zero-order valence-electron chi connectivity index (χ0n) is 13.7. The van der Waals surface area contributed by atoms with E-state index in [0.29, 0.717) is 30.4 Å². The number of amides is 1. The molecule has 1 aliphatic heterocycles. The molecule has 0 radical (unpaired) electrons. The van der Waals surface area contributed by atoms with Gasteiger partial charge in [0.25, 0.3) is 0 Å². The van der Waals surface area contributed by atoms with Gasteiger partial charge in [-0.3, -0.25) is 4.79 Å². The van der Waals surface area contributed by atoms with Crippen molar-refractivity contribution in [3.63, 3.8) is 0 Å². The average molecular weight is 327 g/mol. The van der Waals surface area contributed by atoms with Gasteiger partial charge in [0.2, 0.25) is 5.91 Å². The Morgan fingerprint density at radius 3 is 2.58 bits per heavy atom. The van der Waals surface area contributed by atoms with E-state index in [0.717, 1.165) is 18.4 Å². The van der Waals surface area contributed by atoms with Crippen molar-refractivity contribution < 1.29 is 19.0 Å². The lowest BCUT2D eigenvalue weighted by molar-refractivity contribution is -0.130. The van der Waals surface area contributed by atoms with E-state index in [9.17, 15) is 4.79 Å². The van der Waals surface area contributed by atoms with E-state index < -0.39 is 0 Å². The number of hydrogen-bond acceptors (Lipinski definition) is 4. The highest BCUT2D eigenvalue weighted by Gasteiger charge is 2.22. The zero-order chi connectivity index (χ0) is 16.8. The third kappa shape index (κ3) is 4.06. The number of carbonyl (C=O) groups excluding carboxylic acids is 1. The fourth-order valence-corrected chi connectivity index (χ4v) is 2.59. The fraction of sp³-hybridized carbons (Fsp3) is 0.316. The Morgan fingerprint density at radius 2 is 1.92 bits per heavy atom. The van der Waals surface area contributed by atoms with Crippen molar-refractivity contribution in [3.05, 3.63) is 54.1 Å². The molecule has 1 N–H and O–H groups in total. The minimum Gasteiger partial charge on any atom is -0.493 e. The molecule has 24 heavy (non-hydrogen) atoms. The Bertz CT molecular complexity index is 678. The van der Waals surface area contributed by atoms with E-state index in [1.54, 1.807) is 7.11 Å². The Morgan fingerprint density at radius 1 is 1.17 bits per heavy atom. The van der Waals surface area contributed by atoms with Gasteiger partial charge < -0.3 is 19.5 Å². The summed E-state index contributed by atoms with van der Waals surface area (Å²) >= 11 is 0. The van der Waals surface area contributed by atoms with Gasteiger partial charge in [-0.25, -0.2) is 0 Å². The van der Waals surface area contributed by atoms with Gasteiger partial charge in [-0.05, 0) is 42.7 Å². The second-order valence-corrected chi connectivity index (χ2v) is 5.62.